The zero-order valence-corrected chi connectivity index (χ0v) is 18.9. The number of pyridine rings is 2. The van der Waals surface area contributed by atoms with Crippen molar-refractivity contribution >= 4 is 34.8 Å². The molecule has 0 spiro atoms. The lowest BCUT2D eigenvalue weighted by molar-refractivity contribution is -0.479. The molecule has 3 aromatic heterocycles. The zero-order valence-electron chi connectivity index (χ0n) is 18.1. The van der Waals surface area contributed by atoms with E-state index in [-0.39, 0.29) is 0 Å². The lowest BCUT2D eigenvalue weighted by atomic mass is 9.93. The maximum absolute atomic E-state index is 9.58. The van der Waals surface area contributed by atoms with Crippen molar-refractivity contribution in [2.75, 3.05) is 7.05 Å². The summed E-state index contributed by atoms with van der Waals surface area (Å²) in [5.74, 6) is 0. The number of nitrogens with one attached hydrogen (secondary N) is 1. The van der Waals surface area contributed by atoms with Gasteiger partial charge in [0.2, 0.25) is 5.70 Å². The summed E-state index contributed by atoms with van der Waals surface area (Å²) in [5, 5.41) is 23.0. The molecule has 8 heteroatoms. The molecule has 4 heterocycles. The Morgan fingerprint density at radius 2 is 2.12 bits per heavy atom. The van der Waals surface area contributed by atoms with Gasteiger partial charge < -0.3 is 5.32 Å². The first kappa shape index (κ1) is 20.6. The van der Waals surface area contributed by atoms with E-state index in [1.165, 1.54) is 5.71 Å². The quantitative estimate of drug-likeness (QED) is 0.615. The highest BCUT2D eigenvalue weighted by Gasteiger charge is 2.30. The molecule has 7 nitrogen and oxygen atoms in total. The SMILES string of the molecule is CNC1CCC(=[N+]2N=CC(c3cc(Sc4ccccn4)c4c(C#N)cnn4c3)=C2C)CC1. The van der Waals surface area contributed by atoms with Gasteiger partial charge in [0.15, 0.2) is 5.71 Å². The molecular formula is C24H24N7S+. The predicted molar refractivity (Wildman–Crippen MR) is 126 cm³/mol. The summed E-state index contributed by atoms with van der Waals surface area (Å²) in [5.41, 5.74) is 5.96. The van der Waals surface area contributed by atoms with E-state index in [4.69, 9.17) is 5.10 Å². The summed E-state index contributed by atoms with van der Waals surface area (Å²) in [6.07, 6.45) is 11.7. The van der Waals surface area contributed by atoms with Crippen LogP contribution in [0, 0.1) is 11.3 Å². The Balaban J connectivity index is 1.57. The van der Waals surface area contributed by atoms with Crippen molar-refractivity contribution in [3.05, 3.63) is 59.7 Å². The van der Waals surface area contributed by atoms with E-state index in [1.54, 1.807) is 28.7 Å². The molecule has 2 aliphatic rings. The molecule has 1 saturated carbocycles. The Morgan fingerprint density at radius 1 is 1.28 bits per heavy atom. The normalized spacial score (nSPS) is 18.6. The first-order valence-corrected chi connectivity index (χ1v) is 11.6. The van der Waals surface area contributed by atoms with Crippen LogP contribution in [-0.2, 0) is 0 Å². The number of hydrogen-bond acceptors (Lipinski definition) is 6. The highest BCUT2D eigenvalue weighted by Crippen LogP contribution is 2.35. The molecule has 0 atom stereocenters. The first-order chi connectivity index (χ1) is 15.7. The molecule has 0 radical (unpaired) electrons. The average molecular weight is 443 g/mol. The Hall–Kier alpha value is -3.28. The highest BCUT2D eigenvalue weighted by atomic mass is 32.2. The second-order valence-electron chi connectivity index (χ2n) is 8.01. The van der Waals surface area contributed by atoms with Crippen LogP contribution in [0.4, 0.5) is 0 Å². The summed E-state index contributed by atoms with van der Waals surface area (Å²) in [6, 6.07) is 10.8. The monoisotopic (exact) mass is 442 g/mol. The third-order valence-electron chi connectivity index (χ3n) is 6.14. The highest BCUT2D eigenvalue weighted by molar-refractivity contribution is 7.99. The number of aromatic nitrogens is 3. The lowest BCUT2D eigenvalue weighted by Crippen LogP contribution is -2.32. The van der Waals surface area contributed by atoms with Gasteiger partial charge in [0.1, 0.15) is 17.3 Å². The number of nitrogens with zero attached hydrogens (tertiary/aromatic N) is 6. The standard InChI is InChI=1S/C24H24N7S/c1-16-21(14-29-31(16)20-8-6-19(26-2)7-9-20)17-11-22(32-23-5-3-4-10-27-23)24-18(12-25)13-28-30(24)15-17/h3-5,10-11,13-15,19,26H,6-9H2,1-2H3/q+1. The van der Waals surface area contributed by atoms with Crippen LogP contribution in [0.25, 0.3) is 11.1 Å². The van der Waals surface area contributed by atoms with E-state index in [9.17, 15) is 5.26 Å². The van der Waals surface area contributed by atoms with E-state index in [1.807, 2.05) is 37.7 Å². The number of allylic oxidation sites excluding steroid dienone is 2. The van der Waals surface area contributed by atoms with Crippen molar-refractivity contribution in [1.82, 2.24) is 19.9 Å². The van der Waals surface area contributed by atoms with Gasteiger partial charge in [-0.3, -0.25) is 0 Å². The maximum atomic E-state index is 9.58. The van der Waals surface area contributed by atoms with Crippen LogP contribution in [0.2, 0.25) is 0 Å². The van der Waals surface area contributed by atoms with Crippen LogP contribution >= 0.6 is 11.8 Å². The Bertz CT molecular complexity index is 1300. The molecule has 0 bridgehead atoms. The first-order valence-electron chi connectivity index (χ1n) is 10.8. The van der Waals surface area contributed by atoms with Crippen LogP contribution in [0.3, 0.4) is 0 Å². The fourth-order valence-corrected chi connectivity index (χ4v) is 5.35. The van der Waals surface area contributed by atoms with Gasteiger partial charge in [-0.2, -0.15) is 10.4 Å². The Kier molecular flexibility index (Phi) is 5.60. The van der Waals surface area contributed by atoms with Crippen molar-refractivity contribution in [2.24, 2.45) is 5.10 Å². The predicted octanol–water partition coefficient (Wildman–Crippen LogP) is 4.10. The summed E-state index contributed by atoms with van der Waals surface area (Å²) < 4.78 is 3.90. The third-order valence-corrected chi connectivity index (χ3v) is 7.12. The van der Waals surface area contributed by atoms with E-state index in [2.05, 4.69) is 39.1 Å². The summed E-state index contributed by atoms with van der Waals surface area (Å²) in [7, 11) is 2.04. The van der Waals surface area contributed by atoms with Crippen molar-refractivity contribution in [1.29, 1.82) is 5.26 Å². The van der Waals surface area contributed by atoms with Crippen LogP contribution in [0.15, 0.2) is 63.6 Å². The van der Waals surface area contributed by atoms with Gasteiger partial charge in [-0.05, 0) is 43.2 Å². The molecule has 5 rings (SSSR count). The molecule has 0 saturated heterocycles. The van der Waals surface area contributed by atoms with Crippen molar-refractivity contribution in [3.63, 3.8) is 0 Å². The molecule has 1 fully saturated rings. The van der Waals surface area contributed by atoms with Gasteiger partial charge in [-0.25, -0.2) is 9.50 Å². The van der Waals surface area contributed by atoms with Crippen molar-refractivity contribution in [3.8, 4) is 6.07 Å². The Morgan fingerprint density at radius 3 is 2.84 bits per heavy atom. The van der Waals surface area contributed by atoms with Crippen molar-refractivity contribution < 1.29 is 4.68 Å². The molecule has 1 aliphatic carbocycles. The molecule has 0 aromatic carbocycles. The number of fused-ring (bicyclic) bond motifs is 1. The van der Waals surface area contributed by atoms with E-state index in [0.717, 1.165) is 58.0 Å². The molecule has 32 heavy (non-hydrogen) atoms. The maximum Gasteiger partial charge on any atom is 0.221 e. The molecule has 0 unspecified atom stereocenters. The van der Waals surface area contributed by atoms with Gasteiger partial charge in [-0.15, -0.1) is 0 Å². The number of nitriles is 1. The van der Waals surface area contributed by atoms with Gasteiger partial charge in [0.05, 0.1) is 22.9 Å². The summed E-state index contributed by atoms with van der Waals surface area (Å²) in [6.45, 7) is 2.12. The van der Waals surface area contributed by atoms with Crippen LogP contribution in [0.5, 0.6) is 0 Å². The minimum Gasteiger partial charge on any atom is -0.317 e. The molecule has 1 aliphatic heterocycles. The zero-order chi connectivity index (χ0) is 22.1. The van der Waals surface area contributed by atoms with Crippen LogP contribution in [0.1, 0.15) is 43.7 Å². The topological polar surface area (TPSA) is 81.4 Å². The van der Waals surface area contributed by atoms with Crippen LogP contribution < -0.4 is 5.32 Å². The van der Waals surface area contributed by atoms with Gasteiger partial charge in [-0.1, -0.05) is 22.5 Å². The number of hydrazone groups is 1. The van der Waals surface area contributed by atoms with Gasteiger partial charge in [0.25, 0.3) is 0 Å². The molecular weight excluding hydrogens is 418 g/mol. The third kappa shape index (κ3) is 3.74. The number of rotatable bonds is 4. The minimum atomic E-state index is 0.555. The average Bonchev–Trinajstić information content (AvgIpc) is 3.43. The van der Waals surface area contributed by atoms with Gasteiger partial charge in [0, 0.05) is 48.7 Å². The fourth-order valence-electron chi connectivity index (χ4n) is 4.37. The lowest BCUT2D eigenvalue weighted by Gasteiger charge is -2.20. The minimum absolute atomic E-state index is 0.555. The Labute approximate surface area is 191 Å². The number of hydrogen-bond donors (Lipinski definition) is 1. The van der Waals surface area contributed by atoms with E-state index >= 15 is 0 Å². The molecule has 3 aromatic rings. The molecule has 1 N–H and O–H groups in total. The summed E-state index contributed by atoms with van der Waals surface area (Å²) in [4.78, 5) is 5.39. The summed E-state index contributed by atoms with van der Waals surface area (Å²) >= 11 is 1.54. The van der Waals surface area contributed by atoms with E-state index in [0.29, 0.717) is 11.6 Å². The largest absolute Gasteiger partial charge is 0.317 e. The molecule has 160 valence electrons. The second kappa shape index (κ2) is 8.69. The smallest absolute Gasteiger partial charge is 0.221 e. The second-order valence-corrected chi connectivity index (χ2v) is 9.07. The molecule has 0 amide bonds. The van der Waals surface area contributed by atoms with Crippen molar-refractivity contribution in [2.45, 2.75) is 48.6 Å². The van der Waals surface area contributed by atoms with Gasteiger partial charge >= 0.3 is 0 Å². The van der Waals surface area contributed by atoms with Crippen LogP contribution in [-0.4, -0.2) is 44.3 Å². The fraction of sp³-hybridized carbons (Fsp3) is 0.292. The van der Waals surface area contributed by atoms with E-state index < -0.39 is 0 Å².